The lowest BCUT2D eigenvalue weighted by Gasteiger charge is -2.19. The first-order chi connectivity index (χ1) is 16.0. The standard InChI is InChI=1S/C24H26N4O5/c1-28-20-13-17(7-8-18(20)23(27-28)19-9-10-21(29)26-24(19)31)33-15-22(30)25-11-12-32-14-16-5-3-2-4-6-16/h2-8,13,19H,9-12,14-15H2,1H3,(H,25,30)(H,26,29,31). The Labute approximate surface area is 191 Å². The lowest BCUT2D eigenvalue weighted by Crippen LogP contribution is -2.39. The van der Waals surface area contributed by atoms with Crippen LogP contribution in [0.2, 0.25) is 0 Å². The average molecular weight is 450 g/mol. The van der Waals surface area contributed by atoms with Crippen molar-refractivity contribution in [1.29, 1.82) is 0 Å². The van der Waals surface area contributed by atoms with E-state index in [0.717, 1.165) is 16.5 Å². The molecule has 2 aromatic carbocycles. The van der Waals surface area contributed by atoms with Gasteiger partial charge >= 0.3 is 0 Å². The van der Waals surface area contributed by atoms with E-state index in [1.165, 1.54) is 0 Å². The number of aromatic nitrogens is 2. The van der Waals surface area contributed by atoms with Gasteiger partial charge in [-0.25, -0.2) is 0 Å². The van der Waals surface area contributed by atoms with Gasteiger partial charge < -0.3 is 14.8 Å². The van der Waals surface area contributed by atoms with Crippen LogP contribution in [0.1, 0.15) is 30.0 Å². The van der Waals surface area contributed by atoms with Gasteiger partial charge in [-0.1, -0.05) is 30.3 Å². The predicted octanol–water partition coefficient (Wildman–Crippen LogP) is 1.81. The topological polar surface area (TPSA) is 112 Å². The van der Waals surface area contributed by atoms with Gasteiger partial charge in [-0.05, 0) is 24.1 Å². The molecule has 1 saturated heterocycles. The van der Waals surface area contributed by atoms with Crippen molar-refractivity contribution in [2.45, 2.75) is 25.4 Å². The number of hydrogen-bond donors (Lipinski definition) is 2. The molecule has 172 valence electrons. The number of aryl methyl sites for hydroxylation is 1. The highest BCUT2D eigenvalue weighted by Crippen LogP contribution is 2.31. The van der Waals surface area contributed by atoms with Crippen LogP contribution in [0, 0.1) is 0 Å². The zero-order chi connectivity index (χ0) is 23.2. The number of fused-ring (bicyclic) bond motifs is 1. The molecule has 3 amide bonds. The van der Waals surface area contributed by atoms with Crippen molar-refractivity contribution in [3.05, 3.63) is 59.8 Å². The van der Waals surface area contributed by atoms with Crippen molar-refractivity contribution in [3.8, 4) is 5.75 Å². The molecule has 0 spiro atoms. The summed E-state index contributed by atoms with van der Waals surface area (Å²) in [7, 11) is 1.78. The molecule has 9 heteroatoms. The molecule has 1 aliphatic rings. The molecule has 9 nitrogen and oxygen atoms in total. The minimum absolute atomic E-state index is 0.123. The summed E-state index contributed by atoms with van der Waals surface area (Å²) in [6.07, 6.45) is 0.729. The molecule has 0 aliphatic carbocycles. The molecular formula is C24H26N4O5. The largest absolute Gasteiger partial charge is 0.484 e. The minimum atomic E-state index is -0.465. The Kier molecular flexibility index (Phi) is 6.99. The number of nitrogens with zero attached hydrogens (tertiary/aromatic N) is 2. The second kappa shape index (κ2) is 10.3. The first-order valence-electron chi connectivity index (χ1n) is 10.8. The van der Waals surface area contributed by atoms with Crippen molar-refractivity contribution in [1.82, 2.24) is 20.4 Å². The van der Waals surface area contributed by atoms with Crippen molar-refractivity contribution < 1.29 is 23.9 Å². The highest BCUT2D eigenvalue weighted by molar-refractivity contribution is 6.02. The van der Waals surface area contributed by atoms with Gasteiger partial charge in [-0.3, -0.25) is 24.4 Å². The van der Waals surface area contributed by atoms with E-state index >= 15 is 0 Å². The van der Waals surface area contributed by atoms with E-state index in [4.69, 9.17) is 9.47 Å². The van der Waals surface area contributed by atoms with Gasteiger partial charge in [0.2, 0.25) is 11.8 Å². The lowest BCUT2D eigenvalue weighted by atomic mass is 9.93. The molecule has 1 fully saturated rings. The third-order valence-electron chi connectivity index (χ3n) is 5.47. The van der Waals surface area contributed by atoms with Gasteiger partial charge in [0.1, 0.15) is 5.75 Å². The Morgan fingerprint density at radius 3 is 2.82 bits per heavy atom. The molecule has 1 aliphatic heterocycles. The van der Waals surface area contributed by atoms with E-state index in [1.54, 1.807) is 23.9 Å². The van der Waals surface area contributed by atoms with E-state index < -0.39 is 5.92 Å². The van der Waals surface area contributed by atoms with E-state index in [-0.39, 0.29) is 24.3 Å². The lowest BCUT2D eigenvalue weighted by molar-refractivity contribution is -0.134. The molecule has 0 bridgehead atoms. The van der Waals surface area contributed by atoms with Crippen LogP contribution in [-0.4, -0.2) is 47.3 Å². The van der Waals surface area contributed by atoms with Gasteiger partial charge in [-0.2, -0.15) is 5.10 Å². The Morgan fingerprint density at radius 1 is 1.21 bits per heavy atom. The molecule has 0 saturated carbocycles. The summed E-state index contributed by atoms with van der Waals surface area (Å²) >= 11 is 0. The normalized spacial score (nSPS) is 16.0. The average Bonchev–Trinajstić information content (AvgIpc) is 3.14. The molecular weight excluding hydrogens is 424 g/mol. The zero-order valence-electron chi connectivity index (χ0n) is 18.4. The van der Waals surface area contributed by atoms with Crippen LogP contribution in [0.3, 0.4) is 0 Å². The summed E-state index contributed by atoms with van der Waals surface area (Å²) in [5.74, 6) is -0.763. The molecule has 1 aromatic heterocycles. The van der Waals surface area contributed by atoms with Crippen LogP contribution in [0.15, 0.2) is 48.5 Å². The fraction of sp³-hybridized carbons (Fsp3) is 0.333. The Hall–Kier alpha value is -3.72. The van der Waals surface area contributed by atoms with E-state index in [1.807, 2.05) is 36.4 Å². The number of ether oxygens (including phenoxy) is 2. The number of imide groups is 1. The number of benzene rings is 2. The number of nitrogens with one attached hydrogen (secondary N) is 2. The zero-order valence-corrected chi connectivity index (χ0v) is 18.4. The fourth-order valence-electron chi connectivity index (χ4n) is 3.79. The summed E-state index contributed by atoms with van der Waals surface area (Å²) in [5.41, 5.74) is 2.50. The van der Waals surface area contributed by atoms with Crippen molar-refractivity contribution in [2.75, 3.05) is 19.8 Å². The van der Waals surface area contributed by atoms with Crippen LogP contribution < -0.4 is 15.4 Å². The monoisotopic (exact) mass is 450 g/mol. The van der Waals surface area contributed by atoms with E-state index in [9.17, 15) is 14.4 Å². The van der Waals surface area contributed by atoms with Crippen LogP contribution in [0.25, 0.3) is 10.9 Å². The molecule has 33 heavy (non-hydrogen) atoms. The van der Waals surface area contributed by atoms with Crippen LogP contribution in [0.5, 0.6) is 5.75 Å². The number of piperidine rings is 1. The summed E-state index contributed by atoms with van der Waals surface area (Å²) < 4.78 is 12.8. The first-order valence-corrected chi connectivity index (χ1v) is 10.8. The maximum Gasteiger partial charge on any atom is 0.258 e. The van der Waals surface area contributed by atoms with Crippen LogP contribution in [0.4, 0.5) is 0 Å². The number of hydrogen-bond acceptors (Lipinski definition) is 6. The van der Waals surface area contributed by atoms with Gasteiger partial charge in [0.05, 0.1) is 30.3 Å². The summed E-state index contributed by atoms with van der Waals surface area (Å²) in [4.78, 5) is 35.7. The second-order valence-electron chi connectivity index (χ2n) is 7.87. The Morgan fingerprint density at radius 2 is 2.03 bits per heavy atom. The minimum Gasteiger partial charge on any atom is -0.484 e. The SMILES string of the molecule is Cn1nc(C2CCC(=O)NC2=O)c2ccc(OCC(=O)NCCOCc3ccccc3)cc21. The molecule has 1 atom stereocenters. The maximum atomic E-state index is 12.2. The Bertz CT molecular complexity index is 1160. The van der Waals surface area contributed by atoms with Crippen molar-refractivity contribution in [3.63, 3.8) is 0 Å². The third kappa shape index (κ3) is 5.56. The van der Waals surface area contributed by atoms with Crippen molar-refractivity contribution in [2.24, 2.45) is 7.05 Å². The fourth-order valence-corrected chi connectivity index (χ4v) is 3.79. The quantitative estimate of drug-likeness (QED) is 0.380. The van der Waals surface area contributed by atoms with Gasteiger partial charge in [0.25, 0.3) is 5.91 Å². The van der Waals surface area contributed by atoms with Crippen molar-refractivity contribution >= 4 is 28.6 Å². The number of rotatable bonds is 9. The second-order valence-corrected chi connectivity index (χ2v) is 7.87. The Balaban J connectivity index is 1.27. The van der Waals surface area contributed by atoms with Gasteiger partial charge in [0, 0.05) is 31.5 Å². The molecule has 0 radical (unpaired) electrons. The van der Waals surface area contributed by atoms with Crippen LogP contribution in [-0.2, 0) is 32.8 Å². The number of carbonyl (C=O) groups is 3. The smallest absolute Gasteiger partial charge is 0.258 e. The molecule has 1 unspecified atom stereocenters. The highest BCUT2D eigenvalue weighted by atomic mass is 16.5. The van der Waals surface area contributed by atoms with Crippen LogP contribution >= 0.6 is 0 Å². The molecule has 4 rings (SSSR count). The predicted molar refractivity (Wildman–Crippen MR) is 120 cm³/mol. The number of carbonyl (C=O) groups excluding carboxylic acids is 3. The summed E-state index contributed by atoms with van der Waals surface area (Å²) in [6, 6.07) is 15.2. The summed E-state index contributed by atoms with van der Waals surface area (Å²) in [5, 5.41) is 10.5. The summed E-state index contributed by atoms with van der Waals surface area (Å²) in [6.45, 7) is 1.18. The molecule has 2 N–H and O–H groups in total. The number of amides is 3. The van der Waals surface area contributed by atoms with Gasteiger partial charge in [-0.15, -0.1) is 0 Å². The first kappa shape index (κ1) is 22.5. The van der Waals surface area contributed by atoms with Gasteiger partial charge in [0.15, 0.2) is 6.61 Å². The highest BCUT2D eigenvalue weighted by Gasteiger charge is 2.31. The van der Waals surface area contributed by atoms with E-state index in [0.29, 0.717) is 44.0 Å². The molecule has 2 heterocycles. The van der Waals surface area contributed by atoms with E-state index in [2.05, 4.69) is 15.7 Å². The molecule has 3 aromatic rings. The third-order valence-corrected chi connectivity index (χ3v) is 5.47. The maximum absolute atomic E-state index is 12.2.